The molecule has 9 heteroatoms. The van der Waals surface area contributed by atoms with Crippen LogP contribution in [0.1, 0.15) is 25.3 Å². The molecule has 5 rings (SSSR count). The zero-order valence-corrected chi connectivity index (χ0v) is 19.9. The zero-order chi connectivity index (χ0) is 22.8. The van der Waals surface area contributed by atoms with Crippen LogP contribution in [0.5, 0.6) is 0 Å². The number of hydrogen-bond donors (Lipinski definition) is 1. The number of hydrogen-bond acceptors (Lipinski definition) is 7. The normalized spacial score (nSPS) is 16.0. The molecule has 1 unspecified atom stereocenters. The molecule has 1 aromatic carbocycles. The average molecular weight is 481 g/mol. The molecular weight excluding hydrogens is 456 g/mol. The summed E-state index contributed by atoms with van der Waals surface area (Å²) in [4.78, 5) is 36.1. The van der Waals surface area contributed by atoms with Crippen LogP contribution in [0.2, 0.25) is 0 Å². The Morgan fingerprint density at radius 1 is 1.33 bits per heavy atom. The molecule has 4 aromatic rings. The highest BCUT2D eigenvalue weighted by Crippen LogP contribution is 2.31. The Hall–Kier alpha value is -2.75. The van der Waals surface area contributed by atoms with Crippen molar-refractivity contribution in [3.63, 3.8) is 0 Å². The number of thiophene rings is 1. The third-order valence-electron chi connectivity index (χ3n) is 5.68. The van der Waals surface area contributed by atoms with E-state index < -0.39 is 0 Å². The number of carbonyl (C=O) groups excluding carboxylic acids is 1. The van der Waals surface area contributed by atoms with Crippen molar-refractivity contribution in [2.75, 3.05) is 17.7 Å². The van der Waals surface area contributed by atoms with Crippen molar-refractivity contribution in [1.29, 1.82) is 0 Å². The number of rotatable bonds is 7. The van der Waals surface area contributed by atoms with Crippen molar-refractivity contribution < 1.29 is 9.53 Å². The monoisotopic (exact) mass is 480 g/mol. The van der Waals surface area contributed by atoms with E-state index in [0.29, 0.717) is 28.5 Å². The van der Waals surface area contributed by atoms with E-state index in [9.17, 15) is 9.59 Å². The van der Waals surface area contributed by atoms with Crippen molar-refractivity contribution in [3.05, 3.63) is 58.5 Å². The molecule has 4 heterocycles. The van der Waals surface area contributed by atoms with Crippen molar-refractivity contribution in [1.82, 2.24) is 14.5 Å². The molecule has 1 atom stereocenters. The average Bonchev–Trinajstić information content (AvgIpc) is 3.48. The Kier molecular flexibility index (Phi) is 6.43. The number of thioether (sulfide) groups is 1. The molecule has 0 radical (unpaired) electrons. The van der Waals surface area contributed by atoms with Gasteiger partial charge in [0.2, 0.25) is 5.91 Å². The standard InChI is InChI=1S/C24H24N4O3S2/c1-2-15-6-3-7-16(12-15)26-19(29)14-32-24-27-20-18-9-4-10-25-22(18)33-21(20)23(30)28(24)13-17-8-5-11-31-17/h3-4,6-7,9-10,12,17H,2,5,8,11,13-14H2,1H3,(H,26,29). The molecule has 0 aliphatic carbocycles. The fourth-order valence-corrected chi connectivity index (χ4v) is 5.83. The summed E-state index contributed by atoms with van der Waals surface area (Å²) in [6, 6.07) is 11.6. The van der Waals surface area contributed by atoms with Gasteiger partial charge < -0.3 is 10.1 Å². The quantitative estimate of drug-likeness (QED) is 0.310. The van der Waals surface area contributed by atoms with Crippen LogP contribution in [0, 0.1) is 0 Å². The molecule has 1 aliphatic heterocycles. The number of nitrogens with zero attached hydrogens (tertiary/aromatic N) is 3. The van der Waals surface area contributed by atoms with E-state index in [2.05, 4.69) is 17.2 Å². The predicted molar refractivity (Wildman–Crippen MR) is 133 cm³/mol. The van der Waals surface area contributed by atoms with Gasteiger partial charge in [0, 0.05) is 23.9 Å². The maximum Gasteiger partial charge on any atom is 0.272 e. The first-order valence-electron chi connectivity index (χ1n) is 11.0. The van der Waals surface area contributed by atoms with Crippen LogP contribution in [0.25, 0.3) is 20.4 Å². The van der Waals surface area contributed by atoms with Crippen molar-refractivity contribution in [2.24, 2.45) is 0 Å². The van der Waals surface area contributed by atoms with Crippen LogP contribution < -0.4 is 10.9 Å². The molecular formula is C24H24N4O3S2. The Balaban J connectivity index is 1.45. The Morgan fingerprint density at radius 2 is 2.24 bits per heavy atom. The fraction of sp³-hybridized carbons (Fsp3) is 0.333. The summed E-state index contributed by atoms with van der Waals surface area (Å²) in [6.45, 7) is 3.23. The van der Waals surface area contributed by atoms with Crippen LogP contribution in [0.4, 0.5) is 5.69 Å². The van der Waals surface area contributed by atoms with Gasteiger partial charge in [-0.3, -0.25) is 14.2 Å². The third kappa shape index (κ3) is 4.66. The van der Waals surface area contributed by atoms with Gasteiger partial charge in [0.15, 0.2) is 5.16 Å². The number of anilines is 1. The number of fused-ring (bicyclic) bond motifs is 3. The predicted octanol–water partition coefficient (Wildman–Crippen LogP) is 4.48. The first-order chi connectivity index (χ1) is 16.1. The highest BCUT2D eigenvalue weighted by Gasteiger charge is 2.22. The van der Waals surface area contributed by atoms with Gasteiger partial charge in [0.25, 0.3) is 5.56 Å². The van der Waals surface area contributed by atoms with Crippen molar-refractivity contribution >= 4 is 55.1 Å². The second-order valence-electron chi connectivity index (χ2n) is 7.97. The Bertz CT molecular complexity index is 1380. The van der Waals surface area contributed by atoms with E-state index in [4.69, 9.17) is 9.72 Å². The zero-order valence-electron chi connectivity index (χ0n) is 18.2. The number of nitrogens with one attached hydrogen (secondary N) is 1. The van der Waals surface area contributed by atoms with Crippen LogP contribution in [0.15, 0.2) is 52.5 Å². The first-order valence-corrected chi connectivity index (χ1v) is 12.8. The maximum absolute atomic E-state index is 13.4. The number of aryl methyl sites for hydroxylation is 1. The van der Waals surface area contributed by atoms with Gasteiger partial charge in [0.1, 0.15) is 9.53 Å². The molecule has 1 amide bonds. The van der Waals surface area contributed by atoms with E-state index in [1.165, 1.54) is 23.1 Å². The first kappa shape index (κ1) is 22.1. The molecule has 33 heavy (non-hydrogen) atoms. The van der Waals surface area contributed by atoms with Crippen LogP contribution >= 0.6 is 23.1 Å². The number of ether oxygens (including phenoxy) is 1. The maximum atomic E-state index is 13.4. The van der Waals surface area contributed by atoms with Gasteiger partial charge in [-0.25, -0.2) is 9.97 Å². The summed E-state index contributed by atoms with van der Waals surface area (Å²) >= 11 is 2.64. The van der Waals surface area contributed by atoms with Gasteiger partial charge in [-0.1, -0.05) is 30.8 Å². The molecule has 1 N–H and O–H groups in total. The van der Waals surface area contributed by atoms with Gasteiger partial charge in [-0.05, 0) is 49.1 Å². The highest BCUT2D eigenvalue weighted by atomic mass is 32.2. The molecule has 0 saturated carbocycles. The van der Waals surface area contributed by atoms with Crippen molar-refractivity contribution in [3.8, 4) is 0 Å². The number of amides is 1. The minimum atomic E-state index is -0.136. The minimum Gasteiger partial charge on any atom is -0.376 e. The van der Waals surface area contributed by atoms with Gasteiger partial charge in [0.05, 0.1) is 23.9 Å². The van der Waals surface area contributed by atoms with E-state index in [1.807, 2.05) is 36.4 Å². The lowest BCUT2D eigenvalue weighted by molar-refractivity contribution is -0.113. The third-order valence-corrected chi connectivity index (χ3v) is 7.75. The lowest BCUT2D eigenvalue weighted by atomic mass is 10.1. The summed E-state index contributed by atoms with van der Waals surface area (Å²) in [5, 5.41) is 4.34. The summed E-state index contributed by atoms with van der Waals surface area (Å²) in [7, 11) is 0. The van der Waals surface area contributed by atoms with Gasteiger partial charge in [-0.2, -0.15) is 0 Å². The van der Waals surface area contributed by atoms with Crippen LogP contribution in [-0.2, 0) is 22.5 Å². The Labute approximate surface area is 199 Å². The molecule has 170 valence electrons. The van der Waals surface area contributed by atoms with E-state index in [0.717, 1.165) is 40.7 Å². The van der Waals surface area contributed by atoms with E-state index in [-0.39, 0.29) is 23.3 Å². The number of aromatic nitrogens is 3. The minimum absolute atomic E-state index is 0.0144. The fourth-order valence-electron chi connectivity index (χ4n) is 4.00. The molecule has 0 spiro atoms. The smallest absolute Gasteiger partial charge is 0.272 e. The summed E-state index contributed by atoms with van der Waals surface area (Å²) in [6.07, 6.45) is 4.51. The molecule has 1 fully saturated rings. The molecule has 0 bridgehead atoms. The largest absolute Gasteiger partial charge is 0.376 e. The SMILES string of the molecule is CCc1cccc(NC(=O)CSc2nc3c(sc4ncccc43)c(=O)n2CC2CCCO2)c1. The second kappa shape index (κ2) is 9.62. The van der Waals surface area contributed by atoms with Gasteiger partial charge >= 0.3 is 0 Å². The molecule has 1 saturated heterocycles. The van der Waals surface area contributed by atoms with Crippen LogP contribution in [-0.4, -0.2) is 38.9 Å². The van der Waals surface area contributed by atoms with E-state index >= 15 is 0 Å². The topological polar surface area (TPSA) is 86.1 Å². The lowest BCUT2D eigenvalue weighted by Gasteiger charge is -2.15. The number of benzene rings is 1. The molecule has 1 aliphatic rings. The number of carbonyl (C=O) groups is 1. The summed E-state index contributed by atoms with van der Waals surface area (Å²) in [5.74, 6) is 0.0169. The second-order valence-corrected chi connectivity index (χ2v) is 9.91. The Morgan fingerprint density at radius 3 is 3.06 bits per heavy atom. The summed E-state index contributed by atoms with van der Waals surface area (Å²) < 4.78 is 8.04. The number of pyridine rings is 1. The molecule has 7 nitrogen and oxygen atoms in total. The van der Waals surface area contributed by atoms with Gasteiger partial charge in [-0.15, -0.1) is 11.3 Å². The summed E-state index contributed by atoms with van der Waals surface area (Å²) in [5.41, 5.74) is 2.48. The lowest BCUT2D eigenvalue weighted by Crippen LogP contribution is -2.28. The molecule has 3 aromatic heterocycles. The highest BCUT2D eigenvalue weighted by molar-refractivity contribution is 7.99. The van der Waals surface area contributed by atoms with Crippen LogP contribution in [0.3, 0.4) is 0 Å². The van der Waals surface area contributed by atoms with E-state index in [1.54, 1.807) is 10.8 Å². The van der Waals surface area contributed by atoms with Crippen molar-refractivity contribution in [2.45, 2.75) is 44.0 Å².